The topological polar surface area (TPSA) is 29.0 Å². The lowest BCUT2D eigenvalue weighted by Gasteiger charge is -2.31. The van der Waals surface area contributed by atoms with Crippen LogP contribution in [0.1, 0.15) is 30.2 Å². The molecule has 0 spiro atoms. The Morgan fingerprint density at radius 2 is 1.76 bits per heavy atom. The van der Waals surface area contributed by atoms with Crippen molar-refractivity contribution in [2.24, 2.45) is 5.92 Å². The highest BCUT2D eigenvalue weighted by molar-refractivity contribution is 7.19. The third-order valence-corrected chi connectivity index (χ3v) is 6.27. The molecule has 0 unspecified atom stereocenters. The first-order valence-electron chi connectivity index (χ1n) is 8.81. The van der Waals surface area contributed by atoms with Crippen LogP contribution in [0.3, 0.4) is 0 Å². The number of aromatic nitrogens is 2. The summed E-state index contributed by atoms with van der Waals surface area (Å²) in [4.78, 5) is 13.8. The maximum Gasteiger partial charge on any atom is 0.225 e. The Hall–Kier alpha value is -1.65. The lowest BCUT2D eigenvalue weighted by Crippen LogP contribution is -2.33. The Labute approximate surface area is 157 Å². The molecule has 0 radical (unpaired) electrons. The van der Waals surface area contributed by atoms with Gasteiger partial charge in [-0.25, -0.2) is 4.98 Å². The summed E-state index contributed by atoms with van der Waals surface area (Å²) in [6.07, 6.45) is 2.40. The van der Waals surface area contributed by atoms with Gasteiger partial charge in [-0.3, -0.25) is 0 Å². The SMILES string of the molecule is Cc1ccc(-c2c(C)sc3nc(Cl)nc(N4CCC(C)CC4)c23)cc1. The van der Waals surface area contributed by atoms with Crippen LogP contribution >= 0.6 is 22.9 Å². The van der Waals surface area contributed by atoms with Crippen LogP contribution in [0.5, 0.6) is 0 Å². The van der Waals surface area contributed by atoms with E-state index in [0.29, 0.717) is 5.28 Å². The largest absolute Gasteiger partial charge is 0.356 e. The molecule has 1 aromatic carbocycles. The summed E-state index contributed by atoms with van der Waals surface area (Å²) < 4.78 is 0. The first-order chi connectivity index (χ1) is 12.0. The molecule has 0 bridgehead atoms. The quantitative estimate of drug-likeness (QED) is 0.528. The van der Waals surface area contributed by atoms with E-state index in [2.05, 4.69) is 59.9 Å². The van der Waals surface area contributed by atoms with Gasteiger partial charge in [0.15, 0.2) is 0 Å². The van der Waals surface area contributed by atoms with Crippen LogP contribution in [0.25, 0.3) is 21.3 Å². The Morgan fingerprint density at radius 3 is 2.44 bits per heavy atom. The Kier molecular flexibility index (Phi) is 4.42. The van der Waals surface area contributed by atoms with E-state index in [1.807, 2.05) is 0 Å². The van der Waals surface area contributed by atoms with Crippen LogP contribution in [0, 0.1) is 19.8 Å². The number of piperidine rings is 1. The Balaban J connectivity index is 1.91. The molecule has 5 heteroatoms. The van der Waals surface area contributed by atoms with Gasteiger partial charge in [0.25, 0.3) is 0 Å². The number of benzene rings is 1. The van der Waals surface area contributed by atoms with Crippen molar-refractivity contribution in [3.63, 3.8) is 0 Å². The second-order valence-corrected chi connectivity index (χ2v) is 8.61. The van der Waals surface area contributed by atoms with Crippen molar-refractivity contribution < 1.29 is 0 Å². The molecule has 1 aliphatic heterocycles. The molecular weight excluding hydrogens is 350 g/mol. The van der Waals surface area contributed by atoms with E-state index in [-0.39, 0.29) is 0 Å². The maximum atomic E-state index is 6.26. The highest BCUT2D eigenvalue weighted by atomic mass is 35.5. The van der Waals surface area contributed by atoms with Gasteiger partial charge in [-0.2, -0.15) is 4.98 Å². The first-order valence-corrected chi connectivity index (χ1v) is 10.0. The zero-order valence-corrected chi connectivity index (χ0v) is 16.4. The summed E-state index contributed by atoms with van der Waals surface area (Å²) in [5.41, 5.74) is 3.75. The monoisotopic (exact) mass is 371 g/mol. The molecule has 0 amide bonds. The van der Waals surface area contributed by atoms with Crippen LogP contribution < -0.4 is 4.90 Å². The first kappa shape index (κ1) is 16.8. The second kappa shape index (κ2) is 6.58. The number of nitrogens with zero attached hydrogens (tertiary/aromatic N) is 3. The molecule has 0 N–H and O–H groups in total. The molecule has 0 atom stereocenters. The minimum absolute atomic E-state index is 0.345. The van der Waals surface area contributed by atoms with E-state index in [4.69, 9.17) is 11.6 Å². The van der Waals surface area contributed by atoms with E-state index < -0.39 is 0 Å². The van der Waals surface area contributed by atoms with E-state index in [0.717, 1.165) is 35.0 Å². The predicted octanol–water partition coefficient (Wildman–Crippen LogP) is 5.86. The third-order valence-electron chi connectivity index (χ3n) is 5.10. The van der Waals surface area contributed by atoms with Crippen molar-refractivity contribution in [2.45, 2.75) is 33.6 Å². The van der Waals surface area contributed by atoms with Gasteiger partial charge in [-0.05, 0) is 49.8 Å². The number of rotatable bonds is 2. The summed E-state index contributed by atoms with van der Waals surface area (Å²) in [5, 5.41) is 1.50. The average molecular weight is 372 g/mol. The van der Waals surface area contributed by atoms with Crippen LogP contribution in [0.15, 0.2) is 24.3 Å². The number of fused-ring (bicyclic) bond motifs is 1. The molecule has 0 saturated carbocycles. The van der Waals surface area contributed by atoms with Crippen LogP contribution in [0.2, 0.25) is 5.28 Å². The Morgan fingerprint density at radius 1 is 1.08 bits per heavy atom. The van der Waals surface area contributed by atoms with E-state index in [9.17, 15) is 0 Å². The highest BCUT2D eigenvalue weighted by Gasteiger charge is 2.24. The summed E-state index contributed by atoms with van der Waals surface area (Å²) in [5.74, 6) is 1.78. The highest BCUT2D eigenvalue weighted by Crippen LogP contribution is 2.42. The number of aryl methyl sites for hydroxylation is 2. The molecule has 3 nitrogen and oxygen atoms in total. The molecular formula is C20H22ClN3S. The van der Waals surface area contributed by atoms with Gasteiger partial charge in [0, 0.05) is 23.5 Å². The molecule has 0 aliphatic carbocycles. The minimum Gasteiger partial charge on any atom is -0.356 e. The van der Waals surface area contributed by atoms with E-state index >= 15 is 0 Å². The van der Waals surface area contributed by atoms with E-state index in [1.165, 1.54) is 34.4 Å². The smallest absolute Gasteiger partial charge is 0.225 e. The average Bonchev–Trinajstić information content (AvgIpc) is 2.91. The second-order valence-electron chi connectivity index (χ2n) is 7.07. The predicted molar refractivity (Wildman–Crippen MR) is 108 cm³/mol. The van der Waals surface area contributed by atoms with Crippen molar-refractivity contribution in [1.82, 2.24) is 9.97 Å². The minimum atomic E-state index is 0.345. The van der Waals surface area contributed by atoms with Gasteiger partial charge in [0.1, 0.15) is 10.6 Å². The van der Waals surface area contributed by atoms with Crippen LogP contribution in [0.4, 0.5) is 5.82 Å². The van der Waals surface area contributed by atoms with Crippen molar-refractivity contribution in [1.29, 1.82) is 0 Å². The lowest BCUT2D eigenvalue weighted by atomic mass is 9.98. The number of thiophene rings is 1. The fraction of sp³-hybridized carbons (Fsp3) is 0.400. The third kappa shape index (κ3) is 3.13. The van der Waals surface area contributed by atoms with Gasteiger partial charge in [0.2, 0.25) is 5.28 Å². The molecule has 130 valence electrons. The molecule has 2 aromatic heterocycles. The summed E-state index contributed by atoms with van der Waals surface area (Å²) in [6.45, 7) is 8.67. The van der Waals surface area contributed by atoms with Gasteiger partial charge in [-0.15, -0.1) is 11.3 Å². The zero-order valence-electron chi connectivity index (χ0n) is 14.8. The summed E-state index contributed by atoms with van der Waals surface area (Å²) in [6, 6.07) is 8.72. The van der Waals surface area contributed by atoms with Gasteiger partial charge >= 0.3 is 0 Å². The van der Waals surface area contributed by atoms with Gasteiger partial charge in [0.05, 0.1) is 5.39 Å². The molecule has 1 aliphatic rings. The lowest BCUT2D eigenvalue weighted by molar-refractivity contribution is 0.437. The fourth-order valence-electron chi connectivity index (χ4n) is 3.59. The number of hydrogen-bond acceptors (Lipinski definition) is 4. The number of anilines is 1. The molecule has 3 heterocycles. The Bertz CT molecular complexity index is 909. The summed E-state index contributed by atoms with van der Waals surface area (Å²) in [7, 11) is 0. The van der Waals surface area contributed by atoms with Crippen LogP contribution in [-0.4, -0.2) is 23.1 Å². The molecule has 1 fully saturated rings. The molecule has 25 heavy (non-hydrogen) atoms. The molecule has 1 saturated heterocycles. The molecule has 3 aromatic rings. The van der Waals surface area contributed by atoms with Crippen molar-refractivity contribution in [3.8, 4) is 11.1 Å². The van der Waals surface area contributed by atoms with E-state index in [1.54, 1.807) is 11.3 Å². The normalized spacial score (nSPS) is 15.9. The van der Waals surface area contributed by atoms with Crippen molar-refractivity contribution in [2.75, 3.05) is 18.0 Å². The number of hydrogen-bond donors (Lipinski definition) is 0. The zero-order chi connectivity index (χ0) is 17.6. The number of halogens is 1. The van der Waals surface area contributed by atoms with Crippen molar-refractivity contribution >= 4 is 39.0 Å². The maximum absolute atomic E-state index is 6.26. The summed E-state index contributed by atoms with van der Waals surface area (Å²) >= 11 is 7.97. The standard InChI is InChI=1S/C20H22ClN3S/c1-12-4-6-15(7-5-12)16-14(3)25-19-17(16)18(22-20(21)23-19)24-10-8-13(2)9-11-24/h4-7,13H,8-11H2,1-3H3. The fourth-order valence-corrected chi connectivity index (χ4v) is 4.84. The van der Waals surface area contributed by atoms with Gasteiger partial charge in [-0.1, -0.05) is 36.8 Å². The molecule has 4 rings (SSSR count). The van der Waals surface area contributed by atoms with Gasteiger partial charge < -0.3 is 4.90 Å². The van der Waals surface area contributed by atoms with Crippen molar-refractivity contribution in [3.05, 3.63) is 40.0 Å². The van der Waals surface area contributed by atoms with Crippen LogP contribution in [-0.2, 0) is 0 Å².